The number of carbonyl (C=O) groups excluding carboxylic acids is 2. The summed E-state index contributed by atoms with van der Waals surface area (Å²) in [4.78, 5) is 23.2. The van der Waals surface area contributed by atoms with E-state index < -0.39 is 0 Å². The van der Waals surface area contributed by atoms with Crippen LogP contribution in [0.25, 0.3) is 0 Å². The molecule has 1 heterocycles. The van der Waals surface area contributed by atoms with Crippen LogP contribution in [0.2, 0.25) is 0 Å². The van der Waals surface area contributed by atoms with Gasteiger partial charge in [0.15, 0.2) is 0 Å². The van der Waals surface area contributed by atoms with Crippen LogP contribution in [0.15, 0.2) is 0 Å². The van der Waals surface area contributed by atoms with Crippen LogP contribution in [-0.4, -0.2) is 37.4 Å². The van der Waals surface area contributed by atoms with Crippen LogP contribution >= 0.6 is 0 Å². The minimum absolute atomic E-state index is 0.0867. The highest BCUT2D eigenvalue weighted by molar-refractivity contribution is 5.69. The van der Waals surface area contributed by atoms with Crippen LogP contribution in [0.5, 0.6) is 0 Å². The van der Waals surface area contributed by atoms with E-state index >= 15 is 0 Å². The second kappa shape index (κ2) is 7.99. The van der Waals surface area contributed by atoms with Crippen molar-refractivity contribution in [3.8, 4) is 0 Å². The molecule has 5 aliphatic rings. The van der Waals surface area contributed by atoms with Crippen molar-refractivity contribution in [3.63, 3.8) is 0 Å². The van der Waals surface area contributed by atoms with E-state index in [-0.39, 0.29) is 23.5 Å². The Morgan fingerprint density at radius 2 is 1.91 bits per heavy atom. The molecule has 0 amide bonds. The average molecular weight is 447 g/mol. The zero-order chi connectivity index (χ0) is 22.8. The molecular weight excluding hydrogens is 404 g/mol. The molecule has 11 atom stereocenters. The second-order valence-corrected chi connectivity index (χ2v) is 12.2. The summed E-state index contributed by atoms with van der Waals surface area (Å²) in [7, 11) is 1.49. The normalized spacial score (nSPS) is 49.7. The van der Waals surface area contributed by atoms with Crippen LogP contribution in [0.1, 0.15) is 85.5 Å². The highest BCUT2D eigenvalue weighted by atomic mass is 16.6. The largest absolute Gasteiger partial charge is 0.469 e. The summed E-state index contributed by atoms with van der Waals surface area (Å²) in [5.41, 5.74) is 0.564. The molecule has 0 spiro atoms. The third-order valence-corrected chi connectivity index (χ3v) is 11.0. The van der Waals surface area contributed by atoms with Crippen molar-refractivity contribution in [3.05, 3.63) is 0 Å². The Morgan fingerprint density at radius 1 is 1.12 bits per heavy atom. The van der Waals surface area contributed by atoms with E-state index in [4.69, 9.17) is 14.2 Å². The minimum Gasteiger partial charge on any atom is -0.469 e. The molecule has 0 aromatic rings. The van der Waals surface area contributed by atoms with Gasteiger partial charge in [-0.2, -0.15) is 0 Å². The van der Waals surface area contributed by atoms with Gasteiger partial charge in [-0.15, -0.1) is 0 Å². The van der Waals surface area contributed by atoms with Crippen molar-refractivity contribution in [1.29, 1.82) is 0 Å². The van der Waals surface area contributed by atoms with E-state index in [1.165, 1.54) is 39.7 Å². The van der Waals surface area contributed by atoms with Crippen molar-refractivity contribution >= 4 is 11.9 Å². The number of carbonyl (C=O) groups is 2. The minimum atomic E-state index is -0.135. The third kappa shape index (κ3) is 3.35. The van der Waals surface area contributed by atoms with E-state index in [0.717, 1.165) is 37.5 Å². The van der Waals surface area contributed by atoms with Gasteiger partial charge in [0.1, 0.15) is 6.10 Å². The Balaban J connectivity index is 1.33. The Morgan fingerprint density at radius 3 is 2.62 bits per heavy atom. The van der Waals surface area contributed by atoms with Crippen molar-refractivity contribution in [1.82, 2.24) is 0 Å². The maximum Gasteiger partial charge on any atom is 0.305 e. The quantitative estimate of drug-likeness (QED) is 0.431. The van der Waals surface area contributed by atoms with Gasteiger partial charge in [-0.3, -0.25) is 9.59 Å². The lowest BCUT2D eigenvalue weighted by molar-refractivity contribution is -0.158. The van der Waals surface area contributed by atoms with Crippen LogP contribution in [-0.2, 0) is 23.8 Å². The lowest BCUT2D eigenvalue weighted by Crippen LogP contribution is -2.57. The predicted octanol–water partition coefficient (Wildman–Crippen LogP) is 5.15. The van der Waals surface area contributed by atoms with E-state index in [1.54, 1.807) is 0 Å². The lowest BCUT2D eigenvalue weighted by atomic mass is 9.44. The van der Waals surface area contributed by atoms with Gasteiger partial charge in [0, 0.05) is 18.8 Å². The molecule has 5 nitrogen and oxygen atoms in total. The third-order valence-electron chi connectivity index (χ3n) is 11.0. The summed E-state index contributed by atoms with van der Waals surface area (Å²) < 4.78 is 17.1. The molecule has 4 aliphatic carbocycles. The summed E-state index contributed by atoms with van der Waals surface area (Å²) >= 11 is 0. The number of rotatable bonds is 5. The summed E-state index contributed by atoms with van der Waals surface area (Å²) in [6, 6.07) is 0. The Labute approximate surface area is 193 Å². The molecule has 0 aromatic carbocycles. The van der Waals surface area contributed by atoms with Crippen LogP contribution in [0, 0.1) is 46.3 Å². The predicted molar refractivity (Wildman–Crippen MR) is 121 cm³/mol. The Hall–Kier alpha value is -1.10. The molecule has 180 valence electrons. The van der Waals surface area contributed by atoms with Gasteiger partial charge in [0.25, 0.3) is 0 Å². The molecule has 5 fully saturated rings. The first-order chi connectivity index (χ1) is 15.2. The fourth-order valence-corrected chi connectivity index (χ4v) is 9.54. The second-order valence-electron chi connectivity index (χ2n) is 12.2. The molecule has 0 N–H and O–H groups in total. The topological polar surface area (TPSA) is 65.1 Å². The number of methoxy groups -OCH3 is 1. The van der Waals surface area contributed by atoms with Gasteiger partial charge in [0.05, 0.1) is 19.3 Å². The number of hydrogen-bond donors (Lipinski definition) is 0. The van der Waals surface area contributed by atoms with Gasteiger partial charge in [0.2, 0.25) is 0 Å². The van der Waals surface area contributed by atoms with Gasteiger partial charge in [-0.05, 0) is 92.3 Å². The number of epoxide rings is 1. The van der Waals surface area contributed by atoms with E-state index in [1.807, 2.05) is 0 Å². The first-order valence-corrected chi connectivity index (χ1v) is 13.1. The van der Waals surface area contributed by atoms with Gasteiger partial charge in [-0.25, -0.2) is 0 Å². The van der Waals surface area contributed by atoms with Crippen LogP contribution in [0.4, 0.5) is 0 Å². The van der Waals surface area contributed by atoms with Crippen molar-refractivity contribution in [2.75, 3.05) is 7.11 Å². The molecule has 32 heavy (non-hydrogen) atoms. The number of esters is 2. The number of hydrogen-bond acceptors (Lipinski definition) is 5. The zero-order valence-electron chi connectivity index (χ0n) is 20.6. The molecule has 1 aliphatic heterocycles. The van der Waals surface area contributed by atoms with E-state index in [0.29, 0.717) is 47.7 Å². The molecule has 0 radical (unpaired) electrons. The van der Waals surface area contributed by atoms with E-state index in [2.05, 4.69) is 20.8 Å². The Bertz CT molecular complexity index is 765. The highest BCUT2D eigenvalue weighted by Crippen LogP contribution is 2.73. The molecule has 0 bridgehead atoms. The molecular formula is C27H42O5. The fraction of sp³-hybridized carbons (Fsp3) is 0.926. The highest BCUT2D eigenvalue weighted by Gasteiger charge is 2.73. The average Bonchev–Trinajstić information content (AvgIpc) is 3.47. The summed E-state index contributed by atoms with van der Waals surface area (Å²) in [6.45, 7) is 8.94. The molecule has 5 heteroatoms. The SMILES string of the molecule is COC(=O)CCC(C)C1CCC2C3CCC4C[C@H](OC(C)=O)CCC4(C)C3[C@@H]3O[C@@H]3C12C. The Kier molecular flexibility index (Phi) is 5.66. The summed E-state index contributed by atoms with van der Waals surface area (Å²) in [5.74, 6) is 3.74. The van der Waals surface area contributed by atoms with Gasteiger partial charge in [-0.1, -0.05) is 20.8 Å². The van der Waals surface area contributed by atoms with Gasteiger partial charge < -0.3 is 14.2 Å². The zero-order valence-corrected chi connectivity index (χ0v) is 20.6. The first-order valence-electron chi connectivity index (χ1n) is 13.1. The molecule has 0 aromatic heterocycles. The summed E-state index contributed by atoms with van der Waals surface area (Å²) in [5, 5.41) is 0. The van der Waals surface area contributed by atoms with E-state index in [9.17, 15) is 9.59 Å². The smallest absolute Gasteiger partial charge is 0.305 e. The first kappa shape index (κ1) is 22.7. The molecule has 1 saturated heterocycles. The maximum absolute atomic E-state index is 11.7. The molecule has 8 unspecified atom stereocenters. The van der Waals surface area contributed by atoms with Crippen LogP contribution in [0.3, 0.4) is 0 Å². The van der Waals surface area contributed by atoms with Gasteiger partial charge >= 0.3 is 11.9 Å². The van der Waals surface area contributed by atoms with Crippen molar-refractivity contribution in [2.24, 2.45) is 46.3 Å². The fourth-order valence-electron chi connectivity index (χ4n) is 9.54. The standard InChI is InChI=1S/C27H42O5/c1-15(6-11-22(29)30-5)20-9-10-21-19-8-7-17-14-18(31-16(2)28)12-13-26(17,3)23(19)24-25(32-24)27(20,21)4/h15,17-21,23-25H,6-14H2,1-5H3/t15?,17?,18-,19?,20?,21?,23?,24+,25+,26?,27?/m1/s1. The monoisotopic (exact) mass is 446 g/mol. The van der Waals surface area contributed by atoms with Crippen molar-refractivity contribution < 1.29 is 23.8 Å². The van der Waals surface area contributed by atoms with Crippen molar-refractivity contribution in [2.45, 2.75) is 104 Å². The molecule has 5 rings (SSSR count). The maximum atomic E-state index is 11.7. The summed E-state index contributed by atoms with van der Waals surface area (Å²) in [6.07, 6.45) is 10.7. The number of fused-ring (bicyclic) bond motifs is 8. The lowest BCUT2D eigenvalue weighted by Gasteiger charge is -2.59. The molecule has 4 saturated carbocycles. The number of ether oxygens (including phenoxy) is 3. The van der Waals surface area contributed by atoms with Crippen LogP contribution < -0.4 is 0 Å².